The van der Waals surface area contributed by atoms with Crippen LogP contribution in [0.3, 0.4) is 0 Å². The molecule has 0 fully saturated rings. The number of nitrogens with zero attached hydrogens (tertiary/aromatic N) is 2. The Morgan fingerprint density at radius 1 is 1.26 bits per heavy atom. The second-order valence-corrected chi connectivity index (χ2v) is 6.06. The van der Waals surface area contributed by atoms with E-state index in [4.69, 9.17) is 9.47 Å². The van der Waals surface area contributed by atoms with Gasteiger partial charge in [-0.1, -0.05) is 12.1 Å². The number of ether oxygens (including phenoxy) is 2. The van der Waals surface area contributed by atoms with Gasteiger partial charge in [0.05, 0.1) is 17.2 Å². The number of hydrogen-bond donors (Lipinski definition) is 1. The molecule has 2 aromatic carbocycles. The molecule has 0 saturated carbocycles. The summed E-state index contributed by atoms with van der Waals surface area (Å²) in [6.07, 6.45) is 0.617. The Labute approximate surface area is 153 Å². The van der Waals surface area contributed by atoms with Crippen LogP contribution in [0.15, 0.2) is 53.6 Å². The van der Waals surface area contributed by atoms with Gasteiger partial charge in [-0.05, 0) is 30.3 Å². The number of fused-ring (bicyclic) bond motifs is 2. The number of carbonyl (C=O) groups excluding carboxylic acids is 1. The summed E-state index contributed by atoms with van der Waals surface area (Å²) in [5.41, 5.74) is 0.0630. The largest absolute Gasteiger partial charge is 0.485 e. The van der Waals surface area contributed by atoms with Crippen molar-refractivity contribution in [3.05, 3.63) is 65.0 Å². The molecule has 2 heterocycles. The Morgan fingerprint density at radius 3 is 2.93 bits per heavy atom. The summed E-state index contributed by atoms with van der Waals surface area (Å²) < 4.78 is 25.8. The highest BCUT2D eigenvalue weighted by Gasteiger charge is 2.26. The zero-order valence-electron chi connectivity index (χ0n) is 14.2. The van der Waals surface area contributed by atoms with Crippen LogP contribution in [0.25, 0.3) is 10.9 Å². The molecule has 0 unspecified atom stereocenters. The summed E-state index contributed by atoms with van der Waals surface area (Å²) in [6, 6.07) is 11.0. The molecule has 1 atom stereocenters. The quantitative estimate of drug-likeness (QED) is 0.754. The molecule has 0 bridgehead atoms. The van der Waals surface area contributed by atoms with E-state index < -0.39 is 11.9 Å². The molecule has 0 spiro atoms. The van der Waals surface area contributed by atoms with Crippen LogP contribution in [-0.2, 0) is 11.3 Å². The van der Waals surface area contributed by atoms with Gasteiger partial charge >= 0.3 is 0 Å². The van der Waals surface area contributed by atoms with Crippen LogP contribution < -0.4 is 20.3 Å². The van der Waals surface area contributed by atoms with Crippen LogP contribution in [0.5, 0.6) is 11.5 Å². The highest BCUT2D eigenvalue weighted by molar-refractivity contribution is 5.81. The molecule has 7 nitrogen and oxygen atoms in total. The van der Waals surface area contributed by atoms with Crippen molar-refractivity contribution in [3.8, 4) is 11.5 Å². The topological polar surface area (TPSA) is 82.5 Å². The van der Waals surface area contributed by atoms with Crippen molar-refractivity contribution in [1.29, 1.82) is 0 Å². The Hall–Kier alpha value is -3.42. The van der Waals surface area contributed by atoms with Crippen molar-refractivity contribution in [2.24, 2.45) is 0 Å². The molecule has 0 radical (unpaired) electrons. The van der Waals surface area contributed by atoms with Crippen LogP contribution in [0.4, 0.5) is 4.39 Å². The fourth-order valence-corrected chi connectivity index (χ4v) is 2.85. The lowest BCUT2D eigenvalue weighted by Crippen LogP contribution is -2.45. The molecule has 138 valence electrons. The minimum Gasteiger partial charge on any atom is -0.485 e. The molecular formula is C19H16FN3O4. The molecular weight excluding hydrogens is 353 g/mol. The van der Waals surface area contributed by atoms with Crippen LogP contribution in [0.2, 0.25) is 0 Å². The third-order valence-corrected chi connectivity index (χ3v) is 4.24. The predicted molar refractivity (Wildman–Crippen MR) is 95.3 cm³/mol. The van der Waals surface area contributed by atoms with Crippen molar-refractivity contribution < 1.29 is 18.7 Å². The summed E-state index contributed by atoms with van der Waals surface area (Å²) in [5, 5.41) is 2.91. The maximum absolute atomic E-state index is 13.4. The summed E-state index contributed by atoms with van der Waals surface area (Å²) >= 11 is 0. The number of amides is 1. The SMILES string of the molecule is O=C(NCCn1cnc2ccc(F)cc2c1=O)[C@@H]1COc2ccccc2O1. The van der Waals surface area contributed by atoms with Crippen molar-refractivity contribution in [1.82, 2.24) is 14.9 Å². The van der Waals surface area contributed by atoms with Gasteiger partial charge in [-0.25, -0.2) is 9.37 Å². The predicted octanol–water partition coefficient (Wildman–Crippen LogP) is 1.49. The number of carbonyl (C=O) groups is 1. The molecule has 4 rings (SSSR count). The Kier molecular flexibility index (Phi) is 4.45. The van der Waals surface area contributed by atoms with E-state index in [2.05, 4.69) is 10.3 Å². The number of rotatable bonds is 4. The molecule has 8 heteroatoms. The van der Waals surface area contributed by atoms with Gasteiger partial charge in [0.2, 0.25) is 6.10 Å². The van der Waals surface area contributed by atoms with Gasteiger partial charge in [0.1, 0.15) is 12.4 Å². The van der Waals surface area contributed by atoms with Gasteiger partial charge in [0, 0.05) is 13.1 Å². The van der Waals surface area contributed by atoms with Crippen molar-refractivity contribution in [2.45, 2.75) is 12.6 Å². The first-order valence-electron chi connectivity index (χ1n) is 8.43. The Bertz CT molecular complexity index is 1070. The van der Waals surface area contributed by atoms with E-state index in [0.29, 0.717) is 17.0 Å². The number of aromatic nitrogens is 2. The summed E-state index contributed by atoms with van der Waals surface area (Å²) in [6.45, 7) is 0.510. The first kappa shape index (κ1) is 17.0. The van der Waals surface area contributed by atoms with Crippen LogP contribution in [0, 0.1) is 5.82 Å². The second kappa shape index (κ2) is 7.06. The normalized spacial score (nSPS) is 15.5. The van der Waals surface area contributed by atoms with Gasteiger partial charge in [-0.15, -0.1) is 0 Å². The zero-order valence-corrected chi connectivity index (χ0v) is 14.2. The smallest absolute Gasteiger partial charge is 0.264 e. The molecule has 0 aliphatic carbocycles. The number of nitrogens with one attached hydrogen (secondary N) is 1. The Morgan fingerprint density at radius 2 is 2.07 bits per heavy atom. The van der Waals surface area contributed by atoms with E-state index in [-0.39, 0.29) is 36.5 Å². The minimum absolute atomic E-state index is 0.111. The number of halogens is 1. The molecule has 1 aliphatic rings. The maximum Gasteiger partial charge on any atom is 0.264 e. The number of para-hydroxylation sites is 2. The second-order valence-electron chi connectivity index (χ2n) is 6.06. The van der Waals surface area contributed by atoms with Gasteiger partial charge in [0.15, 0.2) is 11.5 Å². The van der Waals surface area contributed by atoms with E-state index in [9.17, 15) is 14.0 Å². The highest BCUT2D eigenvalue weighted by Crippen LogP contribution is 2.30. The lowest BCUT2D eigenvalue weighted by molar-refractivity contribution is -0.130. The summed E-state index contributed by atoms with van der Waals surface area (Å²) in [5.74, 6) is 0.281. The van der Waals surface area contributed by atoms with Crippen molar-refractivity contribution >= 4 is 16.8 Å². The maximum atomic E-state index is 13.4. The summed E-state index contributed by atoms with van der Waals surface area (Å²) in [4.78, 5) is 28.8. The average molecular weight is 369 g/mol. The van der Waals surface area contributed by atoms with Gasteiger partial charge in [-0.3, -0.25) is 14.2 Å². The standard InChI is InChI=1S/C19H16FN3O4/c20-12-5-6-14-13(9-12)19(25)23(11-22-14)8-7-21-18(24)17-10-26-15-3-1-2-4-16(15)27-17/h1-6,9,11,17H,7-8,10H2,(H,21,24)/t17-/m0/s1. The number of benzene rings is 2. The minimum atomic E-state index is -0.763. The van der Waals surface area contributed by atoms with Crippen LogP contribution in [-0.4, -0.2) is 34.7 Å². The van der Waals surface area contributed by atoms with Gasteiger partial charge in [0.25, 0.3) is 11.5 Å². The van der Waals surface area contributed by atoms with Crippen molar-refractivity contribution in [2.75, 3.05) is 13.2 Å². The zero-order chi connectivity index (χ0) is 18.8. The van der Waals surface area contributed by atoms with E-state index in [1.54, 1.807) is 18.2 Å². The molecule has 1 amide bonds. The first-order valence-corrected chi connectivity index (χ1v) is 8.43. The van der Waals surface area contributed by atoms with E-state index in [1.807, 2.05) is 6.07 Å². The van der Waals surface area contributed by atoms with Crippen LogP contribution in [0.1, 0.15) is 0 Å². The monoisotopic (exact) mass is 369 g/mol. The third kappa shape index (κ3) is 3.46. The molecule has 27 heavy (non-hydrogen) atoms. The van der Waals surface area contributed by atoms with Crippen molar-refractivity contribution in [3.63, 3.8) is 0 Å². The van der Waals surface area contributed by atoms with E-state index in [1.165, 1.54) is 23.0 Å². The lowest BCUT2D eigenvalue weighted by atomic mass is 10.2. The van der Waals surface area contributed by atoms with Gasteiger partial charge in [-0.2, -0.15) is 0 Å². The average Bonchev–Trinajstić information content (AvgIpc) is 2.69. The van der Waals surface area contributed by atoms with E-state index >= 15 is 0 Å². The molecule has 1 N–H and O–H groups in total. The first-order chi connectivity index (χ1) is 13.1. The lowest BCUT2D eigenvalue weighted by Gasteiger charge is -2.25. The fourth-order valence-electron chi connectivity index (χ4n) is 2.85. The highest BCUT2D eigenvalue weighted by atomic mass is 19.1. The molecule has 1 aromatic heterocycles. The van der Waals surface area contributed by atoms with E-state index in [0.717, 1.165) is 6.07 Å². The third-order valence-electron chi connectivity index (χ3n) is 4.24. The fraction of sp³-hybridized carbons (Fsp3) is 0.211. The molecule has 0 saturated heterocycles. The molecule has 1 aliphatic heterocycles. The Balaban J connectivity index is 1.39. The number of hydrogen-bond acceptors (Lipinski definition) is 5. The molecule has 3 aromatic rings. The van der Waals surface area contributed by atoms with Crippen LogP contribution >= 0.6 is 0 Å². The summed E-state index contributed by atoms with van der Waals surface area (Å²) in [7, 11) is 0. The van der Waals surface area contributed by atoms with Gasteiger partial charge < -0.3 is 14.8 Å².